The first-order valence-electron chi connectivity index (χ1n) is 8.71. The average Bonchev–Trinajstić information content (AvgIpc) is 3.31. The van der Waals surface area contributed by atoms with Gasteiger partial charge in [0.05, 0.1) is 37.7 Å². The summed E-state index contributed by atoms with van der Waals surface area (Å²) in [5, 5.41) is 23.8. The van der Waals surface area contributed by atoms with Crippen molar-refractivity contribution in [2.45, 2.75) is 19.0 Å². The molecule has 0 saturated heterocycles. The van der Waals surface area contributed by atoms with Crippen LogP contribution >= 0.6 is 11.8 Å². The Balaban J connectivity index is 1.97. The van der Waals surface area contributed by atoms with E-state index in [2.05, 4.69) is 15.3 Å². The lowest BCUT2D eigenvalue weighted by Crippen LogP contribution is -2.24. The molecule has 0 radical (unpaired) electrons. The Labute approximate surface area is 171 Å². The molecule has 1 aromatic carbocycles. The van der Waals surface area contributed by atoms with Gasteiger partial charge in [0.25, 0.3) is 0 Å². The molecule has 0 atom stereocenters. The van der Waals surface area contributed by atoms with Gasteiger partial charge in [-0.3, -0.25) is 0 Å². The number of rotatable bonds is 9. The molecular formula is C19H19N4O5S-. The predicted octanol–water partition coefficient (Wildman–Crippen LogP) is 1.98. The largest absolute Gasteiger partial charge is 0.549 e. The fourth-order valence-corrected chi connectivity index (χ4v) is 3.13. The van der Waals surface area contributed by atoms with Gasteiger partial charge in [0, 0.05) is 5.75 Å². The summed E-state index contributed by atoms with van der Waals surface area (Å²) in [5.41, 5.74) is 1.46. The third-order valence-electron chi connectivity index (χ3n) is 3.84. The van der Waals surface area contributed by atoms with Crippen molar-refractivity contribution in [3.63, 3.8) is 0 Å². The first-order chi connectivity index (χ1) is 14.0. The van der Waals surface area contributed by atoms with E-state index in [-0.39, 0.29) is 5.75 Å². The van der Waals surface area contributed by atoms with Gasteiger partial charge in [-0.25, -0.2) is 0 Å². The van der Waals surface area contributed by atoms with Gasteiger partial charge in [-0.2, -0.15) is 9.78 Å². The molecule has 0 aliphatic heterocycles. The molecule has 2 aromatic heterocycles. The quantitative estimate of drug-likeness (QED) is 0.385. The third kappa shape index (κ3) is 4.77. The van der Waals surface area contributed by atoms with Crippen LogP contribution in [0.5, 0.6) is 11.5 Å². The Morgan fingerprint density at radius 1 is 1.34 bits per heavy atom. The molecule has 0 aliphatic rings. The molecular weight excluding hydrogens is 396 g/mol. The van der Waals surface area contributed by atoms with E-state index in [4.69, 9.17) is 13.9 Å². The number of carbonyl (C=O) groups excluding carboxylic acids is 1. The zero-order chi connectivity index (χ0) is 20.8. The maximum Gasteiger partial charge on any atom is 0.212 e. The highest BCUT2D eigenvalue weighted by atomic mass is 32.2. The number of hydrogen-bond donors (Lipinski definition) is 0. The molecule has 0 spiro atoms. The Morgan fingerprint density at radius 2 is 2.17 bits per heavy atom. The maximum atomic E-state index is 10.8. The molecule has 152 valence electrons. The van der Waals surface area contributed by atoms with Crippen LogP contribution in [-0.2, 0) is 4.79 Å². The van der Waals surface area contributed by atoms with Crippen molar-refractivity contribution in [3.05, 3.63) is 41.9 Å². The smallest absolute Gasteiger partial charge is 0.212 e. The summed E-state index contributed by atoms with van der Waals surface area (Å²) in [5.74, 6) is 0.827. The molecule has 10 heteroatoms. The van der Waals surface area contributed by atoms with Gasteiger partial charge in [-0.05, 0) is 43.7 Å². The summed E-state index contributed by atoms with van der Waals surface area (Å²) >= 11 is 0.969. The fraction of sp³-hybridized carbons (Fsp3) is 0.263. The summed E-state index contributed by atoms with van der Waals surface area (Å²) in [6, 6.07) is 7.16. The van der Waals surface area contributed by atoms with E-state index in [1.54, 1.807) is 44.7 Å². The van der Waals surface area contributed by atoms with Crippen LogP contribution in [0.2, 0.25) is 0 Å². The van der Waals surface area contributed by atoms with E-state index in [9.17, 15) is 9.90 Å². The second-order valence-corrected chi connectivity index (χ2v) is 6.70. The zero-order valence-electron chi connectivity index (χ0n) is 16.1. The third-order valence-corrected chi connectivity index (χ3v) is 4.73. The lowest BCUT2D eigenvalue weighted by Gasteiger charge is -2.09. The van der Waals surface area contributed by atoms with E-state index < -0.39 is 5.97 Å². The van der Waals surface area contributed by atoms with E-state index in [0.29, 0.717) is 40.4 Å². The zero-order valence-corrected chi connectivity index (χ0v) is 16.9. The minimum atomic E-state index is -1.20. The SMILES string of the molecule is CCOc1ccc(/C=N\n2c(SCC(=O)[O-])nnc2-c2ccoc2C)cc1OC. The number of hydrogen-bond acceptors (Lipinski definition) is 9. The second kappa shape index (κ2) is 9.28. The molecule has 0 unspecified atom stereocenters. The number of benzene rings is 1. The second-order valence-electron chi connectivity index (χ2n) is 5.76. The minimum Gasteiger partial charge on any atom is -0.549 e. The van der Waals surface area contributed by atoms with Gasteiger partial charge in [-0.15, -0.1) is 10.2 Å². The summed E-state index contributed by atoms with van der Waals surface area (Å²) in [6.07, 6.45) is 3.14. The minimum absolute atomic E-state index is 0.269. The Hall–Kier alpha value is -3.27. The van der Waals surface area contributed by atoms with Gasteiger partial charge in [0.1, 0.15) is 5.76 Å². The lowest BCUT2D eigenvalue weighted by molar-refractivity contribution is -0.301. The molecule has 3 rings (SSSR count). The van der Waals surface area contributed by atoms with Crippen molar-refractivity contribution < 1.29 is 23.8 Å². The summed E-state index contributed by atoms with van der Waals surface area (Å²) in [6.45, 7) is 4.21. The van der Waals surface area contributed by atoms with Gasteiger partial charge >= 0.3 is 0 Å². The van der Waals surface area contributed by atoms with E-state index in [1.165, 1.54) is 4.68 Å². The van der Waals surface area contributed by atoms with E-state index in [0.717, 1.165) is 17.3 Å². The normalized spacial score (nSPS) is 11.1. The molecule has 9 nitrogen and oxygen atoms in total. The van der Waals surface area contributed by atoms with Crippen LogP contribution in [0.25, 0.3) is 11.4 Å². The van der Waals surface area contributed by atoms with Crippen LogP contribution < -0.4 is 14.6 Å². The average molecular weight is 415 g/mol. The highest BCUT2D eigenvalue weighted by molar-refractivity contribution is 7.99. The van der Waals surface area contributed by atoms with Crippen molar-refractivity contribution >= 4 is 23.9 Å². The number of furan rings is 1. The highest BCUT2D eigenvalue weighted by Crippen LogP contribution is 2.29. The predicted molar refractivity (Wildman–Crippen MR) is 105 cm³/mol. The van der Waals surface area contributed by atoms with Crippen molar-refractivity contribution in [3.8, 4) is 22.9 Å². The fourth-order valence-electron chi connectivity index (χ4n) is 2.53. The van der Waals surface area contributed by atoms with Crippen LogP contribution in [0.4, 0.5) is 0 Å². The first kappa shape index (κ1) is 20.5. The topological polar surface area (TPSA) is 115 Å². The number of carboxylic acid groups (broad SMARTS) is 1. The van der Waals surface area contributed by atoms with Gasteiger partial charge in [0.15, 0.2) is 17.3 Å². The number of methoxy groups -OCH3 is 1. The molecule has 3 aromatic rings. The monoisotopic (exact) mass is 415 g/mol. The van der Waals surface area contributed by atoms with E-state index >= 15 is 0 Å². The number of aliphatic carboxylic acids is 1. The van der Waals surface area contributed by atoms with Gasteiger partial charge in [0.2, 0.25) is 5.16 Å². The first-order valence-corrected chi connectivity index (χ1v) is 9.69. The number of carbonyl (C=O) groups is 1. The number of thioether (sulfide) groups is 1. The Kier molecular flexibility index (Phi) is 6.55. The standard InChI is InChI=1S/C19H20N4O5S/c1-4-27-15-6-5-13(9-16(15)26-3)10-20-23-18(14-7-8-28-12(14)2)21-22-19(23)29-11-17(24)25/h5-10H,4,11H2,1-3H3,(H,24,25)/p-1/b20-10-. The van der Waals surface area contributed by atoms with E-state index in [1.807, 2.05) is 13.0 Å². The molecule has 0 bridgehead atoms. The maximum absolute atomic E-state index is 10.8. The number of aromatic nitrogens is 3. The van der Waals surface area contributed by atoms with Crippen LogP contribution in [0.15, 0.2) is 45.2 Å². The molecule has 0 saturated carbocycles. The molecule has 0 amide bonds. The molecule has 0 aliphatic carbocycles. The van der Waals surface area contributed by atoms with Gasteiger partial charge < -0.3 is 23.8 Å². The molecule has 29 heavy (non-hydrogen) atoms. The summed E-state index contributed by atoms with van der Waals surface area (Å²) in [4.78, 5) is 10.8. The molecule has 0 N–H and O–H groups in total. The summed E-state index contributed by atoms with van der Waals surface area (Å²) < 4.78 is 17.7. The molecule has 0 fully saturated rings. The van der Waals surface area contributed by atoms with Crippen LogP contribution in [0, 0.1) is 6.92 Å². The van der Waals surface area contributed by atoms with Crippen molar-refractivity contribution in [1.82, 2.24) is 14.9 Å². The number of ether oxygens (including phenoxy) is 2. The number of aryl methyl sites for hydroxylation is 1. The van der Waals surface area contributed by atoms with Crippen molar-refractivity contribution in [2.24, 2.45) is 5.10 Å². The van der Waals surface area contributed by atoms with Crippen molar-refractivity contribution in [1.29, 1.82) is 0 Å². The van der Waals surface area contributed by atoms with Gasteiger partial charge in [-0.1, -0.05) is 11.8 Å². The Bertz CT molecular complexity index is 1030. The van der Waals surface area contributed by atoms with Crippen LogP contribution in [-0.4, -0.2) is 46.5 Å². The Morgan fingerprint density at radius 3 is 2.83 bits per heavy atom. The highest BCUT2D eigenvalue weighted by Gasteiger charge is 2.17. The lowest BCUT2D eigenvalue weighted by atomic mass is 10.2. The molecule has 2 heterocycles. The van der Waals surface area contributed by atoms with Crippen LogP contribution in [0.1, 0.15) is 18.2 Å². The number of nitrogens with zero attached hydrogens (tertiary/aromatic N) is 4. The summed E-state index contributed by atoms with van der Waals surface area (Å²) in [7, 11) is 1.56. The van der Waals surface area contributed by atoms with Crippen molar-refractivity contribution in [2.75, 3.05) is 19.5 Å². The van der Waals surface area contributed by atoms with Crippen LogP contribution in [0.3, 0.4) is 0 Å². The number of carboxylic acids is 1.